The normalized spacial score (nSPS) is 15.5. The minimum Gasteiger partial charge on any atom is -0.481 e. The van der Waals surface area contributed by atoms with Crippen LogP contribution in [0.25, 0.3) is 0 Å². The van der Waals surface area contributed by atoms with Crippen LogP contribution in [0.3, 0.4) is 0 Å². The van der Waals surface area contributed by atoms with Gasteiger partial charge < -0.3 is 15.3 Å². The molecule has 1 saturated heterocycles. The minimum atomic E-state index is -0.855. The van der Waals surface area contributed by atoms with Crippen LogP contribution >= 0.6 is 0 Å². The molecule has 1 aromatic carbocycles. The Hall–Kier alpha value is -2.04. The molecule has 2 rings (SSSR count). The number of carbonyl (C=O) groups is 2. The molecule has 0 radical (unpaired) electrons. The van der Waals surface area contributed by atoms with Gasteiger partial charge >= 0.3 is 12.0 Å². The summed E-state index contributed by atoms with van der Waals surface area (Å²) < 4.78 is 0. The van der Waals surface area contributed by atoms with E-state index >= 15 is 0 Å². The molecule has 1 aliphatic heterocycles. The fourth-order valence-electron chi connectivity index (χ4n) is 2.36. The van der Waals surface area contributed by atoms with E-state index in [9.17, 15) is 9.59 Å². The first-order valence-corrected chi connectivity index (χ1v) is 7.02. The number of carbonyl (C=O) groups excluding carboxylic acids is 1. The third kappa shape index (κ3) is 4.26. The lowest BCUT2D eigenvalue weighted by atomic mass is 10.1. The molecule has 0 bridgehead atoms. The molecular formula is C15H20N2O3. The van der Waals surface area contributed by atoms with Crippen LogP contribution in [0.1, 0.15) is 31.2 Å². The van der Waals surface area contributed by atoms with E-state index in [0.29, 0.717) is 5.69 Å². The number of hydrogen-bond donors (Lipinski definition) is 2. The first-order chi connectivity index (χ1) is 9.65. The molecule has 0 aromatic heterocycles. The molecule has 0 atom stereocenters. The quantitative estimate of drug-likeness (QED) is 0.891. The second-order valence-electron chi connectivity index (χ2n) is 5.10. The van der Waals surface area contributed by atoms with Crippen molar-refractivity contribution in [3.8, 4) is 0 Å². The highest BCUT2D eigenvalue weighted by Gasteiger charge is 2.15. The van der Waals surface area contributed by atoms with E-state index in [1.807, 2.05) is 4.90 Å². The van der Waals surface area contributed by atoms with Crippen LogP contribution in [0.2, 0.25) is 0 Å². The summed E-state index contributed by atoms with van der Waals surface area (Å²) in [6.45, 7) is 1.62. The zero-order chi connectivity index (χ0) is 14.4. The van der Waals surface area contributed by atoms with Crippen molar-refractivity contribution >= 4 is 17.7 Å². The lowest BCUT2D eigenvalue weighted by Gasteiger charge is -2.20. The second-order valence-corrected chi connectivity index (χ2v) is 5.10. The molecule has 108 valence electrons. The van der Waals surface area contributed by atoms with Crippen molar-refractivity contribution in [1.29, 1.82) is 0 Å². The molecule has 20 heavy (non-hydrogen) atoms. The Kier molecular flexibility index (Phi) is 4.98. The highest BCUT2D eigenvalue weighted by molar-refractivity contribution is 5.89. The molecule has 0 spiro atoms. The van der Waals surface area contributed by atoms with Crippen molar-refractivity contribution in [2.75, 3.05) is 18.4 Å². The third-order valence-electron chi connectivity index (χ3n) is 3.45. The van der Waals surface area contributed by atoms with Gasteiger partial charge in [0.15, 0.2) is 0 Å². The number of benzene rings is 1. The Morgan fingerprint density at radius 3 is 2.20 bits per heavy atom. The molecule has 0 unspecified atom stereocenters. The van der Waals surface area contributed by atoms with E-state index in [4.69, 9.17) is 5.11 Å². The topological polar surface area (TPSA) is 69.6 Å². The average Bonchev–Trinajstić information content (AvgIpc) is 2.69. The number of likely N-dealkylation sites (tertiary alicyclic amines) is 1. The van der Waals surface area contributed by atoms with E-state index in [1.54, 1.807) is 24.3 Å². The van der Waals surface area contributed by atoms with Crippen molar-refractivity contribution in [1.82, 2.24) is 4.90 Å². The number of aliphatic carboxylic acids is 1. The predicted octanol–water partition coefficient (Wildman–Crippen LogP) is 2.72. The van der Waals surface area contributed by atoms with Crippen molar-refractivity contribution in [2.45, 2.75) is 32.1 Å². The van der Waals surface area contributed by atoms with Crippen LogP contribution in [0, 0.1) is 0 Å². The molecule has 0 saturated carbocycles. The number of hydrogen-bond acceptors (Lipinski definition) is 2. The van der Waals surface area contributed by atoms with Crippen molar-refractivity contribution < 1.29 is 14.7 Å². The second kappa shape index (κ2) is 6.93. The van der Waals surface area contributed by atoms with E-state index < -0.39 is 5.97 Å². The van der Waals surface area contributed by atoms with E-state index in [0.717, 1.165) is 31.5 Å². The molecular weight excluding hydrogens is 256 g/mol. The maximum absolute atomic E-state index is 12.1. The summed E-state index contributed by atoms with van der Waals surface area (Å²) in [5.41, 5.74) is 1.43. The number of carboxylic acids is 1. The summed E-state index contributed by atoms with van der Waals surface area (Å²) in [4.78, 5) is 24.5. The Labute approximate surface area is 118 Å². The van der Waals surface area contributed by atoms with Gasteiger partial charge in [-0.1, -0.05) is 25.0 Å². The van der Waals surface area contributed by atoms with Crippen LogP contribution in [0.5, 0.6) is 0 Å². The Morgan fingerprint density at radius 1 is 1.05 bits per heavy atom. The van der Waals surface area contributed by atoms with Crippen LogP contribution in [0.15, 0.2) is 24.3 Å². The number of anilines is 1. The fourth-order valence-corrected chi connectivity index (χ4v) is 2.36. The lowest BCUT2D eigenvalue weighted by Crippen LogP contribution is -2.35. The van der Waals surface area contributed by atoms with Gasteiger partial charge in [-0.25, -0.2) is 4.79 Å². The highest BCUT2D eigenvalue weighted by atomic mass is 16.4. The van der Waals surface area contributed by atoms with Gasteiger partial charge in [0.25, 0.3) is 0 Å². The van der Waals surface area contributed by atoms with E-state index in [1.165, 1.54) is 12.8 Å². The monoisotopic (exact) mass is 276 g/mol. The first-order valence-electron chi connectivity index (χ1n) is 7.02. The zero-order valence-electron chi connectivity index (χ0n) is 11.5. The molecule has 1 fully saturated rings. The molecule has 0 aliphatic carbocycles. The Balaban J connectivity index is 1.91. The summed E-state index contributed by atoms with van der Waals surface area (Å²) in [7, 11) is 0. The van der Waals surface area contributed by atoms with Crippen LogP contribution in [0.4, 0.5) is 10.5 Å². The van der Waals surface area contributed by atoms with Gasteiger partial charge in [0.05, 0.1) is 6.42 Å². The molecule has 2 N–H and O–H groups in total. The standard InChI is InChI=1S/C15H20N2O3/c18-14(19)11-12-5-7-13(8-6-12)16-15(20)17-9-3-1-2-4-10-17/h5-8H,1-4,9-11H2,(H,16,20)(H,18,19). The van der Waals surface area contributed by atoms with E-state index in [2.05, 4.69) is 5.32 Å². The van der Waals surface area contributed by atoms with Gasteiger partial charge in [-0.05, 0) is 30.5 Å². The van der Waals surface area contributed by atoms with Gasteiger partial charge in [0, 0.05) is 18.8 Å². The molecule has 1 aromatic rings. The van der Waals surface area contributed by atoms with E-state index in [-0.39, 0.29) is 12.5 Å². The number of nitrogens with zero attached hydrogens (tertiary/aromatic N) is 1. The van der Waals surface area contributed by atoms with Gasteiger partial charge in [0.2, 0.25) is 0 Å². The van der Waals surface area contributed by atoms with Crippen LogP contribution in [-0.2, 0) is 11.2 Å². The van der Waals surface area contributed by atoms with Gasteiger partial charge in [0.1, 0.15) is 0 Å². The molecule has 1 aliphatic rings. The van der Waals surface area contributed by atoms with Crippen molar-refractivity contribution in [2.24, 2.45) is 0 Å². The molecule has 5 heteroatoms. The summed E-state index contributed by atoms with van der Waals surface area (Å²) in [6, 6.07) is 6.87. The van der Waals surface area contributed by atoms with Crippen molar-refractivity contribution in [3.63, 3.8) is 0 Å². The SMILES string of the molecule is O=C(O)Cc1ccc(NC(=O)N2CCCCCC2)cc1. The third-order valence-corrected chi connectivity index (χ3v) is 3.45. The summed E-state index contributed by atoms with van der Waals surface area (Å²) in [5, 5.41) is 11.6. The minimum absolute atomic E-state index is 0.000349. The number of amides is 2. The van der Waals surface area contributed by atoms with Gasteiger partial charge in [-0.15, -0.1) is 0 Å². The smallest absolute Gasteiger partial charge is 0.321 e. The highest BCUT2D eigenvalue weighted by Crippen LogP contribution is 2.14. The summed E-state index contributed by atoms with van der Waals surface area (Å²) >= 11 is 0. The summed E-state index contributed by atoms with van der Waals surface area (Å²) in [6.07, 6.45) is 4.50. The lowest BCUT2D eigenvalue weighted by molar-refractivity contribution is -0.136. The first kappa shape index (κ1) is 14.4. The number of carboxylic acid groups (broad SMARTS) is 1. The van der Waals surface area contributed by atoms with Gasteiger partial charge in [-0.3, -0.25) is 4.79 Å². The number of urea groups is 1. The van der Waals surface area contributed by atoms with Crippen LogP contribution in [-0.4, -0.2) is 35.1 Å². The average molecular weight is 276 g/mol. The molecule has 5 nitrogen and oxygen atoms in total. The van der Waals surface area contributed by atoms with Crippen molar-refractivity contribution in [3.05, 3.63) is 29.8 Å². The van der Waals surface area contributed by atoms with Crippen LogP contribution < -0.4 is 5.32 Å². The maximum atomic E-state index is 12.1. The Morgan fingerprint density at radius 2 is 1.65 bits per heavy atom. The summed E-state index contributed by atoms with van der Waals surface area (Å²) in [5.74, 6) is -0.855. The zero-order valence-corrected chi connectivity index (χ0v) is 11.5. The molecule has 2 amide bonds. The number of rotatable bonds is 3. The molecule has 1 heterocycles. The number of nitrogens with one attached hydrogen (secondary N) is 1. The fraction of sp³-hybridized carbons (Fsp3) is 0.467. The Bertz CT molecular complexity index is 463. The predicted molar refractivity (Wildman–Crippen MR) is 76.8 cm³/mol. The maximum Gasteiger partial charge on any atom is 0.321 e. The van der Waals surface area contributed by atoms with Gasteiger partial charge in [-0.2, -0.15) is 0 Å². The largest absolute Gasteiger partial charge is 0.481 e.